The van der Waals surface area contributed by atoms with Crippen molar-refractivity contribution in [1.29, 1.82) is 0 Å². The summed E-state index contributed by atoms with van der Waals surface area (Å²) in [5.41, 5.74) is 1.14. The van der Waals surface area contributed by atoms with Crippen LogP contribution in [0.2, 0.25) is 0 Å². The fourth-order valence-electron chi connectivity index (χ4n) is 3.31. The van der Waals surface area contributed by atoms with Crippen molar-refractivity contribution in [3.63, 3.8) is 0 Å². The molecule has 3 rings (SSSR count). The lowest BCUT2D eigenvalue weighted by Gasteiger charge is -2.29. The number of hydrogen-bond acceptors (Lipinski definition) is 2. The van der Waals surface area contributed by atoms with Gasteiger partial charge in [-0.05, 0) is 68.1 Å². The molecule has 1 aliphatic heterocycles. The highest BCUT2D eigenvalue weighted by Gasteiger charge is 2.30. The molecule has 1 saturated heterocycles. The Morgan fingerprint density at radius 3 is 2.33 bits per heavy atom. The Balaban J connectivity index is 1.80. The third kappa shape index (κ3) is 4.50. The molecule has 3 nitrogen and oxygen atoms in total. The van der Waals surface area contributed by atoms with Crippen molar-refractivity contribution < 1.29 is 18.0 Å². The Kier molecular flexibility index (Phi) is 5.29. The van der Waals surface area contributed by atoms with Crippen LogP contribution in [0.4, 0.5) is 13.2 Å². The van der Waals surface area contributed by atoms with E-state index in [2.05, 4.69) is 10.6 Å². The van der Waals surface area contributed by atoms with E-state index in [4.69, 9.17) is 0 Å². The first-order chi connectivity index (χ1) is 12.7. The van der Waals surface area contributed by atoms with Gasteiger partial charge in [0.2, 0.25) is 5.91 Å². The predicted molar refractivity (Wildman–Crippen MR) is 99.1 cm³/mol. The van der Waals surface area contributed by atoms with Crippen molar-refractivity contribution in [3.05, 3.63) is 59.7 Å². The predicted octanol–water partition coefficient (Wildman–Crippen LogP) is 4.48. The maximum Gasteiger partial charge on any atom is 0.416 e. The van der Waals surface area contributed by atoms with Gasteiger partial charge in [0.15, 0.2) is 0 Å². The molecule has 27 heavy (non-hydrogen) atoms. The molecule has 1 heterocycles. The van der Waals surface area contributed by atoms with Gasteiger partial charge in [0.1, 0.15) is 0 Å². The molecule has 0 aliphatic carbocycles. The number of amides is 1. The van der Waals surface area contributed by atoms with Crippen molar-refractivity contribution >= 4 is 5.91 Å². The molecule has 1 fully saturated rings. The fraction of sp³-hybridized carbons (Fsp3) is 0.381. The summed E-state index contributed by atoms with van der Waals surface area (Å²) in [4.78, 5) is 12.4. The monoisotopic (exact) mass is 376 g/mol. The lowest BCUT2D eigenvalue weighted by Crippen LogP contribution is -2.48. The van der Waals surface area contributed by atoms with Gasteiger partial charge in [0, 0.05) is 0 Å². The SMILES string of the molecule is CC(C)(NC(=O)[C@@H]1CCCN1)c1cccc(-c2ccc(C(F)(F)F)cc2)c1. The van der Waals surface area contributed by atoms with E-state index in [1.165, 1.54) is 12.1 Å². The van der Waals surface area contributed by atoms with Gasteiger partial charge in [-0.2, -0.15) is 13.2 Å². The quantitative estimate of drug-likeness (QED) is 0.826. The molecule has 0 bridgehead atoms. The van der Waals surface area contributed by atoms with Gasteiger partial charge in [-0.3, -0.25) is 4.79 Å². The summed E-state index contributed by atoms with van der Waals surface area (Å²) in [5.74, 6) is -0.0302. The summed E-state index contributed by atoms with van der Waals surface area (Å²) in [6.07, 6.45) is -2.53. The molecular formula is C21H23F3N2O. The second-order valence-corrected chi connectivity index (χ2v) is 7.42. The normalized spacial score (nSPS) is 17.7. The van der Waals surface area contributed by atoms with E-state index < -0.39 is 17.3 Å². The van der Waals surface area contributed by atoms with Gasteiger partial charge in [0.25, 0.3) is 0 Å². The fourth-order valence-corrected chi connectivity index (χ4v) is 3.31. The molecule has 1 aliphatic rings. The summed E-state index contributed by atoms with van der Waals surface area (Å²) in [6, 6.07) is 12.5. The number of carbonyl (C=O) groups excluding carboxylic acids is 1. The smallest absolute Gasteiger partial charge is 0.346 e. The maximum absolute atomic E-state index is 12.7. The molecule has 6 heteroatoms. The topological polar surface area (TPSA) is 41.1 Å². The van der Waals surface area contributed by atoms with E-state index in [1.54, 1.807) is 0 Å². The first-order valence-corrected chi connectivity index (χ1v) is 9.00. The lowest BCUT2D eigenvalue weighted by atomic mass is 9.90. The van der Waals surface area contributed by atoms with E-state index in [0.717, 1.165) is 42.6 Å². The summed E-state index contributed by atoms with van der Waals surface area (Å²) in [6.45, 7) is 4.69. The molecule has 2 aromatic rings. The molecule has 0 unspecified atom stereocenters. The Hall–Kier alpha value is -2.34. The van der Waals surface area contributed by atoms with Gasteiger partial charge in [-0.15, -0.1) is 0 Å². The average Bonchev–Trinajstić information content (AvgIpc) is 3.16. The van der Waals surface area contributed by atoms with Gasteiger partial charge < -0.3 is 10.6 Å². The van der Waals surface area contributed by atoms with E-state index in [1.807, 2.05) is 38.1 Å². The highest BCUT2D eigenvalue weighted by atomic mass is 19.4. The van der Waals surface area contributed by atoms with Crippen LogP contribution in [0, 0.1) is 0 Å². The number of nitrogens with one attached hydrogen (secondary N) is 2. The van der Waals surface area contributed by atoms with E-state index in [-0.39, 0.29) is 11.9 Å². The lowest BCUT2D eigenvalue weighted by molar-refractivity contribution is -0.137. The molecule has 1 atom stereocenters. The van der Waals surface area contributed by atoms with Gasteiger partial charge in [0.05, 0.1) is 17.1 Å². The standard InChI is InChI=1S/C21H23F3N2O/c1-20(2,26-19(27)18-7-4-12-25-18)17-6-3-5-15(13-17)14-8-10-16(11-9-14)21(22,23)24/h3,5-6,8-11,13,18,25H,4,7,12H2,1-2H3,(H,26,27)/t18-/m0/s1. The molecule has 0 spiro atoms. The Labute approximate surface area is 157 Å². The molecule has 144 valence electrons. The summed E-state index contributed by atoms with van der Waals surface area (Å²) in [5, 5.41) is 6.25. The largest absolute Gasteiger partial charge is 0.416 e. The van der Waals surface area contributed by atoms with Gasteiger partial charge in [-0.25, -0.2) is 0 Å². The Morgan fingerprint density at radius 2 is 1.74 bits per heavy atom. The number of rotatable bonds is 4. The Morgan fingerprint density at radius 1 is 1.04 bits per heavy atom. The molecule has 0 aromatic heterocycles. The van der Waals surface area contributed by atoms with Crippen molar-refractivity contribution in [2.24, 2.45) is 0 Å². The average molecular weight is 376 g/mol. The van der Waals surface area contributed by atoms with Crippen molar-refractivity contribution in [2.45, 2.75) is 44.4 Å². The van der Waals surface area contributed by atoms with Crippen LogP contribution in [0.1, 0.15) is 37.8 Å². The highest BCUT2D eigenvalue weighted by molar-refractivity contribution is 5.83. The number of hydrogen-bond donors (Lipinski definition) is 2. The van der Waals surface area contributed by atoms with Crippen molar-refractivity contribution in [3.8, 4) is 11.1 Å². The van der Waals surface area contributed by atoms with Crippen LogP contribution in [0.25, 0.3) is 11.1 Å². The molecule has 0 radical (unpaired) electrons. The molecule has 2 aromatic carbocycles. The van der Waals surface area contributed by atoms with Crippen LogP contribution in [-0.4, -0.2) is 18.5 Å². The van der Waals surface area contributed by atoms with Crippen LogP contribution in [-0.2, 0) is 16.5 Å². The number of alkyl halides is 3. The van der Waals surface area contributed by atoms with Gasteiger partial charge >= 0.3 is 6.18 Å². The van der Waals surface area contributed by atoms with Crippen LogP contribution < -0.4 is 10.6 Å². The number of halogens is 3. The molecule has 1 amide bonds. The maximum atomic E-state index is 12.7. The summed E-state index contributed by atoms with van der Waals surface area (Å²) in [7, 11) is 0. The van der Waals surface area contributed by atoms with Crippen molar-refractivity contribution in [1.82, 2.24) is 10.6 Å². The second kappa shape index (κ2) is 7.35. The van der Waals surface area contributed by atoms with E-state index >= 15 is 0 Å². The zero-order valence-electron chi connectivity index (χ0n) is 15.4. The second-order valence-electron chi connectivity index (χ2n) is 7.42. The van der Waals surface area contributed by atoms with Crippen LogP contribution in [0.3, 0.4) is 0 Å². The first-order valence-electron chi connectivity index (χ1n) is 9.00. The minimum absolute atomic E-state index is 0.0302. The molecular weight excluding hydrogens is 353 g/mol. The van der Waals surface area contributed by atoms with E-state index in [0.29, 0.717) is 5.56 Å². The van der Waals surface area contributed by atoms with Crippen molar-refractivity contribution in [2.75, 3.05) is 6.54 Å². The zero-order valence-corrected chi connectivity index (χ0v) is 15.4. The summed E-state index contributed by atoms with van der Waals surface area (Å²) < 4.78 is 38.2. The van der Waals surface area contributed by atoms with Crippen LogP contribution in [0.5, 0.6) is 0 Å². The third-order valence-electron chi connectivity index (χ3n) is 4.94. The highest BCUT2D eigenvalue weighted by Crippen LogP contribution is 2.32. The summed E-state index contributed by atoms with van der Waals surface area (Å²) >= 11 is 0. The Bertz CT molecular complexity index is 807. The van der Waals surface area contributed by atoms with Gasteiger partial charge in [-0.1, -0.05) is 30.3 Å². The minimum atomic E-state index is -4.35. The van der Waals surface area contributed by atoms with Crippen LogP contribution in [0.15, 0.2) is 48.5 Å². The molecule has 2 N–H and O–H groups in total. The zero-order chi connectivity index (χ0) is 19.7. The molecule has 0 saturated carbocycles. The third-order valence-corrected chi connectivity index (χ3v) is 4.94. The number of carbonyl (C=O) groups is 1. The van der Waals surface area contributed by atoms with E-state index in [9.17, 15) is 18.0 Å². The minimum Gasteiger partial charge on any atom is -0.346 e. The number of benzene rings is 2. The first kappa shape index (κ1) is 19.4. The van der Waals surface area contributed by atoms with Crippen LogP contribution >= 0.6 is 0 Å².